The number of amides is 2. The molecule has 1 unspecified atom stereocenters. The SMILES string of the molecule is CSc1nc2c(c(N3CCN(C(=O)OC(C)(C)C)C(CC#N)C3)n1)CCN(C(=O)OCc1ccccc1)C2. The first-order valence-electron chi connectivity index (χ1n) is 12.7. The second kappa shape index (κ2) is 11.9. The summed E-state index contributed by atoms with van der Waals surface area (Å²) in [4.78, 5) is 40.6. The summed E-state index contributed by atoms with van der Waals surface area (Å²) < 4.78 is 11.1. The maximum atomic E-state index is 12.8. The Bertz CT molecular complexity index is 1200. The molecule has 3 heterocycles. The standard InChI is InChI=1S/C27H34N6O4S/c1-27(2,3)37-26(35)33-15-14-31(16-20(33)10-12-28)23-21-11-13-32(17-22(21)29-24(30-23)38-4)25(34)36-18-19-8-6-5-7-9-19/h5-9,20H,10-11,13-18H2,1-4H3. The molecule has 2 aliphatic rings. The number of thioether (sulfide) groups is 1. The molecular weight excluding hydrogens is 504 g/mol. The first kappa shape index (κ1) is 27.5. The molecule has 0 N–H and O–H groups in total. The van der Waals surface area contributed by atoms with Crippen molar-refractivity contribution >= 4 is 29.8 Å². The van der Waals surface area contributed by atoms with E-state index < -0.39 is 11.7 Å². The Balaban J connectivity index is 1.50. The van der Waals surface area contributed by atoms with Gasteiger partial charge >= 0.3 is 12.2 Å². The normalized spacial score (nSPS) is 17.4. The van der Waals surface area contributed by atoms with Gasteiger partial charge in [0.15, 0.2) is 5.16 Å². The average molecular weight is 539 g/mol. The molecule has 1 saturated heterocycles. The molecule has 0 aliphatic carbocycles. The van der Waals surface area contributed by atoms with E-state index in [-0.39, 0.29) is 25.2 Å². The number of hydrogen-bond donors (Lipinski definition) is 0. The van der Waals surface area contributed by atoms with Crippen molar-refractivity contribution in [2.45, 2.75) is 63.6 Å². The van der Waals surface area contributed by atoms with E-state index in [2.05, 4.69) is 11.0 Å². The lowest BCUT2D eigenvalue weighted by Gasteiger charge is -2.42. The number of rotatable bonds is 5. The maximum absolute atomic E-state index is 12.8. The molecule has 1 aromatic carbocycles. The van der Waals surface area contributed by atoms with Gasteiger partial charge in [0.2, 0.25) is 0 Å². The quantitative estimate of drug-likeness (QED) is 0.408. The predicted molar refractivity (Wildman–Crippen MR) is 144 cm³/mol. The summed E-state index contributed by atoms with van der Waals surface area (Å²) in [5.41, 5.74) is 2.12. The third-order valence-corrected chi connectivity index (χ3v) is 6.95. The maximum Gasteiger partial charge on any atom is 0.410 e. The van der Waals surface area contributed by atoms with Gasteiger partial charge in [-0.15, -0.1) is 0 Å². The predicted octanol–water partition coefficient (Wildman–Crippen LogP) is 4.23. The number of aromatic nitrogens is 2. The van der Waals surface area contributed by atoms with Crippen LogP contribution in [0.3, 0.4) is 0 Å². The van der Waals surface area contributed by atoms with Crippen LogP contribution in [0.2, 0.25) is 0 Å². The molecule has 1 fully saturated rings. The highest BCUT2D eigenvalue weighted by Gasteiger charge is 2.36. The summed E-state index contributed by atoms with van der Waals surface area (Å²) >= 11 is 1.44. The van der Waals surface area contributed by atoms with Crippen LogP contribution >= 0.6 is 11.8 Å². The summed E-state index contributed by atoms with van der Waals surface area (Å²) in [6.07, 6.45) is 1.93. The van der Waals surface area contributed by atoms with Crippen LogP contribution in [-0.4, -0.2) is 76.0 Å². The summed E-state index contributed by atoms with van der Waals surface area (Å²) in [5, 5.41) is 10.1. The van der Waals surface area contributed by atoms with E-state index in [1.165, 1.54) is 11.8 Å². The molecule has 0 radical (unpaired) electrons. The van der Waals surface area contributed by atoms with Crippen molar-refractivity contribution in [2.24, 2.45) is 0 Å². The van der Waals surface area contributed by atoms with Crippen molar-refractivity contribution in [3.63, 3.8) is 0 Å². The Morgan fingerprint density at radius 1 is 1.13 bits per heavy atom. The van der Waals surface area contributed by atoms with Gasteiger partial charge in [-0.1, -0.05) is 42.1 Å². The smallest absolute Gasteiger partial charge is 0.410 e. The lowest BCUT2D eigenvalue weighted by Crippen LogP contribution is -2.56. The number of carbonyl (C=O) groups is 2. The van der Waals surface area contributed by atoms with E-state index in [1.807, 2.05) is 57.4 Å². The molecule has 202 valence electrons. The molecule has 10 nitrogen and oxygen atoms in total. The van der Waals surface area contributed by atoms with Gasteiger partial charge in [0, 0.05) is 31.7 Å². The molecule has 0 bridgehead atoms. The minimum atomic E-state index is -0.613. The fourth-order valence-corrected chi connectivity index (χ4v) is 4.98. The van der Waals surface area contributed by atoms with Crippen molar-refractivity contribution in [1.82, 2.24) is 19.8 Å². The number of benzene rings is 1. The fourth-order valence-electron chi connectivity index (χ4n) is 4.60. The van der Waals surface area contributed by atoms with E-state index >= 15 is 0 Å². The van der Waals surface area contributed by atoms with Gasteiger partial charge in [0.25, 0.3) is 0 Å². The zero-order valence-corrected chi connectivity index (χ0v) is 23.2. The van der Waals surface area contributed by atoms with Gasteiger partial charge < -0.3 is 24.2 Å². The van der Waals surface area contributed by atoms with Crippen molar-refractivity contribution in [3.05, 3.63) is 47.2 Å². The number of carbonyl (C=O) groups excluding carboxylic acids is 2. The summed E-state index contributed by atoms with van der Waals surface area (Å²) in [6, 6.07) is 11.5. The number of nitriles is 1. The largest absolute Gasteiger partial charge is 0.445 e. The minimum absolute atomic E-state index is 0.194. The molecule has 2 aromatic rings. The monoisotopic (exact) mass is 538 g/mol. The second-order valence-electron chi connectivity index (χ2n) is 10.3. The van der Waals surface area contributed by atoms with Gasteiger partial charge in [-0.3, -0.25) is 0 Å². The Morgan fingerprint density at radius 3 is 2.58 bits per heavy atom. The first-order valence-corrected chi connectivity index (χ1v) is 13.9. The van der Waals surface area contributed by atoms with E-state index in [9.17, 15) is 14.9 Å². The highest BCUT2D eigenvalue weighted by atomic mass is 32.2. The van der Waals surface area contributed by atoms with Crippen molar-refractivity contribution < 1.29 is 19.1 Å². The molecule has 0 saturated carbocycles. The number of anilines is 1. The summed E-state index contributed by atoms with van der Waals surface area (Å²) in [6.45, 7) is 7.99. The Kier molecular flexibility index (Phi) is 8.62. The topological polar surface area (TPSA) is 112 Å². The van der Waals surface area contributed by atoms with Gasteiger partial charge in [0.05, 0.1) is 30.8 Å². The van der Waals surface area contributed by atoms with Crippen LogP contribution in [0, 0.1) is 11.3 Å². The number of nitrogens with zero attached hydrogens (tertiary/aromatic N) is 6. The van der Waals surface area contributed by atoms with Crippen molar-refractivity contribution in [1.29, 1.82) is 5.26 Å². The third-order valence-electron chi connectivity index (χ3n) is 6.41. The van der Waals surface area contributed by atoms with E-state index in [4.69, 9.17) is 19.4 Å². The summed E-state index contributed by atoms with van der Waals surface area (Å²) in [5.74, 6) is 0.809. The minimum Gasteiger partial charge on any atom is -0.445 e. The van der Waals surface area contributed by atoms with Crippen LogP contribution in [0.1, 0.15) is 44.0 Å². The molecule has 4 rings (SSSR count). The van der Waals surface area contributed by atoms with E-state index in [0.717, 1.165) is 22.6 Å². The zero-order valence-electron chi connectivity index (χ0n) is 22.3. The molecule has 1 aromatic heterocycles. The molecule has 2 amide bonds. The van der Waals surface area contributed by atoms with Gasteiger partial charge in [-0.05, 0) is 39.0 Å². The van der Waals surface area contributed by atoms with Crippen molar-refractivity contribution in [2.75, 3.05) is 37.3 Å². The van der Waals surface area contributed by atoms with Crippen LogP contribution in [0.5, 0.6) is 0 Å². The molecule has 11 heteroatoms. The van der Waals surface area contributed by atoms with Crippen LogP contribution in [0.15, 0.2) is 35.5 Å². The highest BCUT2D eigenvalue weighted by molar-refractivity contribution is 7.98. The molecular formula is C27H34N6O4S. The van der Waals surface area contributed by atoms with E-state index in [0.29, 0.717) is 44.3 Å². The van der Waals surface area contributed by atoms with Gasteiger partial charge in [-0.2, -0.15) is 5.26 Å². The first-order chi connectivity index (χ1) is 18.2. The number of fused-ring (bicyclic) bond motifs is 1. The molecule has 38 heavy (non-hydrogen) atoms. The Hall–Kier alpha value is -3.52. The van der Waals surface area contributed by atoms with Crippen LogP contribution < -0.4 is 4.90 Å². The molecule has 0 spiro atoms. The second-order valence-corrected chi connectivity index (χ2v) is 11.1. The fraction of sp³-hybridized carbons (Fsp3) is 0.519. The Labute approximate surface area is 227 Å². The molecule has 2 aliphatic heterocycles. The zero-order chi connectivity index (χ0) is 27.3. The summed E-state index contributed by atoms with van der Waals surface area (Å²) in [7, 11) is 0. The number of ether oxygens (including phenoxy) is 2. The number of piperazine rings is 1. The van der Waals surface area contributed by atoms with Crippen LogP contribution in [0.25, 0.3) is 0 Å². The van der Waals surface area contributed by atoms with Gasteiger partial charge in [0.1, 0.15) is 18.0 Å². The highest BCUT2D eigenvalue weighted by Crippen LogP contribution is 2.31. The molecule has 1 atom stereocenters. The average Bonchev–Trinajstić information content (AvgIpc) is 2.90. The van der Waals surface area contributed by atoms with Crippen LogP contribution in [0.4, 0.5) is 15.4 Å². The van der Waals surface area contributed by atoms with Crippen LogP contribution in [-0.2, 0) is 29.0 Å². The lowest BCUT2D eigenvalue weighted by atomic mass is 10.0. The van der Waals surface area contributed by atoms with Crippen molar-refractivity contribution in [3.8, 4) is 6.07 Å². The van der Waals surface area contributed by atoms with E-state index in [1.54, 1.807) is 9.80 Å². The Morgan fingerprint density at radius 2 is 1.89 bits per heavy atom. The number of hydrogen-bond acceptors (Lipinski definition) is 9. The van der Waals surface area contributed by atoms with Gasteiger partial charge in [-0.25, -0.2) is 19.6 Å². The lowest BCUT2D eigenvalue weighted by molar-refractivity contribution is 0.0144. The third kappa shape index (κ3) is 6.67.